The summed E-state index contributed by atoms with van der Waals surface area (Å²) < 4.78 is 0. The third kappa shape index (κ3) is 4.02. The number of likely N-dealkylation sites (tertiary alicyclic amines) is 1. The van der Waals surface area contributed by atoms with Crippen LogP contribution in [0.1, 0.15) is 18.4 Å². The molecule has 1 heterocycles. The van der Waals surface area contributed by atoms with E-state index in [0.29, 0.717) is 6.04 Å². The van der Waals surface area contributed by atoms with Gasteiger partial charge in [0, 0.05) is 30.6 Å². The molecule has 1 aromatic carbocycles. The monoisotopic (exact) mass is 250 g/mol. The van der Waals surface area contributed by atoms with Crippen LogP contribution in [0.4, 0.5) is 0 Å². The highest BCUT2D eigenvalue weighted by atomic mass is 32.2. The molecule has 3 heteroatoms. The Labute approximate surface area is 109 Å². The minimum atomic E-state index is 0.646. The Bertz CT molecular complexity index is 315. The normalized spacial score (nSPS) is 20.9. The van der Waals surface area contributed by atoms with Crippen LogP contribution in [0.25, 0.3) is 0 Å². The Kier molecular flexibility index (Phi) is 5.36. The summed E-state index contributed by atoms with van der Waals surface area (Å²) in [4.78, 5) is 2.55. The van der Waals surface area contributed by atoms with Crippen molar-refractivity contribution >= 4 is 11.8 Å². The number of hydrogen-bond donors (Lipinski definition) is 1. The highest BCUT2D eigenvalue weighted by Crippen LogP contribution is 2.18. The van der Waals surface area contributed by atoms with Crippen molar-refractivity contribution in [3.05, 3.63) is 35.9 Å². The Balaban J connectivity index is 1.63. The summed E-state index contributed by atoms with van der Waals surface area (Å²) in [6.45, 7) is 3.26. The van der Waals surface area contributed by atoms with Gasteiger partial charge >= 0.3 is 0 Å². The molecule has 1 unspecified atom stereocenters. The number of nitrogens with zero attached hydrogens (tertiary/aromatic N) is 1. The third-order valence-electron chi connectivity index (χ3n) is 3.41. The zero-order valence-electron chi connectivity index (χ0n) is 10.3. The molecular weight excluding hydrogens is 228 g/mol. The average molecular weight is 250 g/mol. The molecule has 1 aliphatic heterocycles. The second kappa shape index (κ2) is 7.04. The molecule has 2 N–H and O–H groups in total. The second-order valence-electron chi connectivity index (χ2n) is 4.61. The summed E-state index contributed by atoms with van der Waals surface area (Å²) in [6, 6.07) is 11.3. The van der Waals surface area contributed by atoms with E-state index in [1.54, 1.807) is 0 Å². The predicted octanol–water partition coefficient (Wildman–Crippen LogP) is 2.34. The van der Waals surface area contributed by atoms with Crippen LogP contribution in [0.5, 0.6) is 0 Å². The lowest BCUT2D eigenvalue weighted by atomic mass is 10.2. The van der Waals surface area contributed by atoms with Crippen LogP contribution >= 0.6 is 11.8 Å². The first-order valence-corrected chi connectivity index (χ1v) is 7.61. The quantitative estimate of drug-likeness (QED) is 0.786. The highest BCUT2D eigenvalue weighted by Gasteiger charge is 2.21. The molecule has 1 aliphatic rings. The number of hydrogen-bond acceptors (Lipinski definition) is 3. The Morgan fingerprint density at radius 1 is 1.29 bits per heavy atom. The van der Waals surface area contributed by atoms with Gasteiger partial charge in [0.05, 0.1) is 0 Å². The van der Waals surface area contributed by atoms with Crippen LogP contribution in [0.3, 0.4) is 0 Å². The minimum Gasteiger partial charge on any atom is -0.329 e. The number of nitrogens with two attached hydrogens (primary N) is 1. The molecule has 2 nitrogen and oxygen atoms in total. The molecule has 0 spiro atoms. The van der Waals surface area contributed by atoms with Gasteiger partial charge in [-0.05, 0) is 24.9 Å². The van der Waals surface area contributed by atoms with Crippen LogP contribution in [0, 0.1) is 0 Å². The van der Waals surface area contributed by atoms with Crippen LogP contribution < -0.4 is 5.73 Å². The van der Waals surface area contributed by atoms with E-state index < -0.39 is 0 Å². The van der Waals surface area contributed by atoms with Gasteiger partial charge in [0.15, 0.2) is 0 Å². The molecule has 0 bridgehead atoms. The number of thioether (sulfide) groups is 1. The summed E-state index contributed by atoms with van der Waals surface area (Å²) in [5, 5.41) is 0. The summed E-state index contributed by atoms with van der Waals surface area (Å²) in [7, 11) is 0. The Hall–Kier alpha value is -0.510. The zero-order valence-corrected chi connectivity index (χ0v) is 11.2. The fourth-order valence-electron chi connectivity index (χ4n) is 2.40. The first-order valence-electron chi connectivity index (χ1n) is 6.46. The van der Waals surface area contributed by atoms with E-state index in [-0.39, 0.29) is 0 Å². The summed E-state index contributed by atoms with van der Waals surface area (Å²) >= 11 is 2.02. The van der Waals surface area contributed by atoms with E-state index in [2.05, 4.69) is 35.2 Å². The third-order valence-corrected chi connectivity index (χ3v) is 4.41. The van der Waals surface area contributed by atoms with Crippen molar-refractivity contribution in [1.82, 2.24) is 4.90 Å². The van der Waals surface area contributed by atoms with Crippen molar-refractivity contribution in [3.63, 3.8) is 0 Å². The van der Waals surface area contributed by atoms with Crippen molar-refractivity contribution in [1.29, 1.82) is 0 Å². The lowest BCUT2D eigenvalue weighted by Gasteiger charge is -2.22. The van der Waals surface area contributed by atoms with Gasteiger partial charge < -0.3 is 5.73 Å². The molecule has 0 aliphatic carbocycles. The van der Waals surface area contributed by atoms with Gasteiger partial charge in [-0.3, -0.25) is 4.90 Å². The van der Waals surface area contributed by atoms with Gasteiger partial charge in [-0.1, -0.05) is 30.3 Å². The maximum Gasteiger partial charge on any atom is 0.0219 e. The van der Waals surface area contributed by atoms with Gasteiger partial charge in [0.25, 0.3) is 0 Å². The standard InChI is InChI=1S/C14H22N2S/c15-11-14-7-4-8-16(14)9-10-17-12-13-5-2-1-3-6-13/h1-3,5-6,14H,4,7-12,15H2. The van der Waals surface area contributed by atoms with Crippen LogP contribution in [0.2, 0.25) is 0 Å². The summed E-state index contributed by atoms with van der Waals surface area (Å²) in [5.74, 6) is 2.34. The summed E-state index contributed by atoms with van der Waals surface area (Å²) in [6.07, 6.45) is 2.62. The minimum absolute atomic E-state index is 0.646. The van der Waals surface area contributed by atoms with E-state index in [4.69, 9.17) is 5.73 Å². The predicted molar refractivity (Wildman–Crippen MR) is 76.3 cm³/mol. The molecule has 94 valence electrons. The fourth-order valence-corrected chi connectivity index (χ4v) is 3.34. The van der Waals surface area contributed by atoms with E-state index in [1.165, 1.54) is 37.2 Å². The number of benzene rings is 1. The maximum absolute atomic E-state index is 5.77. The van der Waals surface area contributed by atoms with Gasteiger partial charge in [0.2, 0.25) is 0 Å². The van der Waals surface area contributed by atoms with Crippen molar-refractivity contribution in [2.75, 3.05) is 25.4 Å². The molecule has 0 radical (unpaired) electrons. The topological polar surface area (TPSA) is 29.3 Å². The zero-order chi connectivity index (χ0) is 11.9. The Morgan fingerprint density at radius 3 is 2.88 bits per heavy atom. The molecule has 1 fully saturated rings. The number of rotatable bonds is 6. The van der Waals surface area contributed by atoms with Crippen LogP contribution in [-0.4, -0.2) is 36.3 Å². The molecule has 1 atom stereocenters. The molecule has 1 aromatic rings. The van der Waals surface area contributed by atoms with Crippen molar-refractivity contribution in [3.8, 4) is 0 Å². The highest BCUT2D eigenvalue weighted by molar-refractivity contribution is 7.98. The first-order chi connectivity index (χ1) is 8.40. The summed E-state index contributed by atoms with van der Waals surface area (Å²) in [5.41, 5.74) is 7.20. The van der Waals surface area contributed by atoms with Crippen molar-refractivity contribution in [2.24, 2.45) is 5.73 Å². The molecule has 0 saturated carbocycles. The SMILES string of the molecule is NCC1CCCN1CCSCc1ccccc1. The van der Waals surface area contributed by atoms with Crippen molar-refractivity contribution in [2.45, 2.75) is 24.6 Å². The smallest absolute Gasteiger partial charge is 0.0219 e. The Morgan fingerprint density at radius 2 is 2.12 bits per heavy atom. The average Bonchev–Trinajstić information content (AvgIpc) is 2.83. The largest absolute Gasteiger partial charge is 0.329 e. The first kappa shape index (κ1) is 12.9. The van der Waals surface area contributed by atoms with E-state index >= 15 is 0 Å². The lowest BCUT2D eigenvalue weighted by molar-refractivity contribution is 0.275. The molecule has 0 amide bonds. The van der Waals surface area contributed by atoms with E-state index in [9.17, 15) is 0 Å². The lowest BCUT2D eigenvalue weighted by Crippen LogP contribution is -2.36. The molecule has 1 saturated heterocycles. The molecule has 2 rings (SSSR count). The van der Waals surface area contributed by atoms with Crippen molar-refractivity contribution < 1.29 is 0 Å². The van der Waals surface area contributed by atoms with Gasteiger partial charge in [-0.25, -0.2) is 0 Å². The fraction of sp³-hybridized carbons (Fsp3) is 0.571. The van der Waals surface area contributed by atoms with E-state index in [1.807, 2.05) is 11.8 Å². The van der Waals surface area contributed by atoms with E-state index in [0.717, 1.165) is 12.3 Å². The van der Waals surface area contributed by atoms with Crippen LogP contribution in [-0.2, 0) is 5.75 Å². The van der Waals surface area contributed by atoms with Gasteiger partial charge in [-0.15, -0.1) is 0 Å². The van der Waals surface area contributed by atoms with Gasteiger partial charge in [0.1, 0.15) is 0 Å². The van der Waals surface area contributed by atoms with Crippen LogP contribution in [0.15, 0.2) is 30.3 Å². The molecule has 0 aromatic heterocycles. The maximum atomic E-state index is 5.77. The van der Waals surface area contributed by atoms with Gasteiger partial charge in [-0.2, -0.15) is 11.8 Å². The molecular formula is C14H22N2S. The second-order valence-corrected chi connectivity index (χ2v) is 5.71. The molecule has 17 heavy (non-hydrogen) atoms.